The Hall–Kier alpha value is -2.88. The van der Waals surface area contributed by atoms with Gasteiger partial charge in [-0.05, 0) is 72.2 Å². The molecular formula is C34H38O11. The van der Waals surface area contributed by atoms with Crippen molar-refractivity contribution in [3.63, 3.8) is 0 Å². The molecule has 10 atom stereocenters. The first-order chi connectivity index (χ1) is 21.6. The third-order valence-corrected chi connectivity index (χ3v) is 9.67. The van der Waals surface area contributed by atoms with E-state index in [0.29, 0.717) is 36.8 Å². The van der Waals surface area contributed by atoms with E-state index in [0.717, 1.165) is 22.3 Å². The summed E-state index contributed by atoms with van der Waals surface area (Å²) in [6.07, 6.45) is -11.0. The Kier molecular flexibility index (Phi) is 9.07. The van der Waals surface area contributed by atoms with Gasteiger partial charge in [-0.3, -0.25) is 0 Å². The predicted octanol–water partition coefficient (Wildman–Crippen LogP) is -1.72. The Bertz CT molecular complexity index is 1420. The third kappa shape index (κ3) is 5.69. The monoisotopic (exact) mass is 622 g/mol. The minimum Gasteiger partial charge on any atom is -0.394 e. The lowest BCUT2D eigenvalue weighted by Crippen LogP contribution is -2.58. The standard InChI is InChI=1S/C34H38O11/c35-15-26-30(40)32(42)28(38)24(44-26)7-3-17-1-5-20-21-6-2-18(4-8-25-29(39)33(43)31(41)27(16-36)45-25)14-23(21)34(22(20)13-17)11-9-19(37)10-12-34/h1-2,5-6,13-14,19,24-33,35-43H,9-12,15-16H2/t24-,25-,26-,27-,28-,29-,30-,31-,32-,33-/m1/s1. The van der Waals surface area contributed by atoms with E-state index in [-0.39, 0.29) is 0 Å². The van der Waals surface area contributed by atoms with Crippen molar-refractivity contribution in [3.8, 4) is 34.8 Å². The van der Waals surface area contributed by atoms with Crippen molar-refractivity contribution in [2.75, 3.05) is 13.2 Å². The zero-order valence-corrected chi connectivity index (χ0v) is 24.4. The van der Waals surface area contributed by atoms with E-state index in [2.05, 4.69) is 23.7 Å². The van der Waals surface area contributed by atoms with E-state index >= 15 is 0 Å². The summed E-state index contributed by atoms with van der Waals surface area (Å²) in [6.45, 7) is -1.08. The van der Waals surface area contributed by atoms with E-state index in [1.165, 1.54) is 0 Å². The minimum atomic E-state index is -1.51. The van der Waals surface area contributed by atoms with E-state index < -0.39 is 85.8 Å². The molecule has 11 nitrogen and oxygen atoms in total. The maximum atomic E-state index is 10.4. The van der Waals surface area contributed by atoms with Crippen LogP contribution in [0.4, 0.5) is 0 Å². The molecule has 0 bridgehead atoms. The molecule has 0 unspecified atom stereocenters. The maximum Gasteiger partial charge on any atom is 0.147 e. The van der Waals surface area contributed by atoms with E-state index in [1.807, 2.05) is 36.4 Å². The number of aliphatic hydroxyl groups is 9. The maximum absolute atomic E-state index is 10.4. The highest BCUT2D eigenvalue weighted by Crippen LogP contribution is 2.56. The molecule has 240 valence electrons. The molecule has 2 heterocycles. The second-order valence-electron chi connectivity index (χ2n) is 12.4. The number of rotatable bonds is 2. The first-order valence-corrected chi connectivity index (χ1v) is 15.2. The summed E-state index contributed by atoms with van der Waals surface area (Å²) in [6, 6.07) is 11.6. The van der Waals surface area contributed by atoms with Crippen LogP contribution in [0.5, 0.6) is 0 Å². The van der Waals surface area contributed by atoms with Gasteiger partial charge in [-0.15, -0.1) is 0 Å². The highest BCUT2D eigenvalue weighted by molar-refractivity contribution is 5.82. The van der Waals surface area contributed by atoms with Crippen LogP contribution in [0.1, 0.15) is 47.9 Å². The predicted molar refractivity (Wildman–Crippen MR) is 158 cm³/mol. The lowest BCUT2D eigenvalue weighted by atomic mass is 9.67. The molecular weight excluding hydrogens is 584 g/mol. The van der Waals surface area contributed by atoms with Crippen LogP contribution >= 0.6 is 0 Å². The summed E-state index contributed by atoms with van der Waals surface area (Å²) in [7, 11) is 0. The fourth-order valence-electron chi connectivity index (χ4n) is 7.04. The lowest BCUT2D eigenvalue weighted by Gasteiger charge is -2.38. The highest BCUT2D eigenvalue weighted by atomic mass is 16.5. The van der Waals surface area contributed by atoms with Crippen molar-refractivity contribution in [1.29, 1.82) is 0 Å². The van der Waals surface area contributed by atoms with E-state index in [9.17, 15) is 46.0 Å². The molecule has 2 aromatic carbocycles. The van der Waals surface area contributed by atoms with Gasteiger partial charge in [-0.25, -0.2) is 0 Å². The molecule has 9 N–H and O–H groups in total. The Morgan fingerprint density at radius 1 is 0.600 bits per heavy atom. The molecule has 3 fully saturated rings. The fraction of sp³-hybridized carbons (Fsp3) is 0.529. The lowest BCUT2D eigenvalue weighted by molar-refractivity contribution is -0.214. The van der Waals surface area contributed by atoms with Gasteiger partial charge in [-0.1, -0.05) is 35.8 Å². The molecule has 2 saturated heterocycles. The van der Waals surface area contributed by atoms with Crippen LogP contribution < -0.4 is 0 Å². The number of ether oxygens (including phenoxy) is 2. The van der Waals surface area contributed by atoms with Gasteiger partial charge < -0.3 is 55.4 Å². The molecule has 2 aliphatic heterocycles. The van der Waals surface area contributed by atoms with Crippen LogP contribution in [0.25, 0.3) is 11.1 Å². The van der Waals surface area contributed by atoms with Crippen LogP contribution in [0, 0.1) is 23.7 Å². The van der Waals surface area contributed by atoms with E-state index in [4.69, 9.17) is 9.47 Å². The van der Waals surface area contributed by atoms with Gasteiger partial charge >= 0.3 is 0 Å². The summed E-state index contributed by atoms with van der Waals surface area (Å²) in [5.74, 6) is 11.7. The van der Waals surface area contributed by atoms with Gasteiger partial charge in [0.2, 0.25) is 0 Å². The topological polar surface area (TPSA) is 201 Å². The Labute approximate surface area is 260 Å². The number of benzene rings is 2. The van der Waals surface area contributed by atoms with Crippen LogP contribution in [0.15, 0.2) is 36.4 Å². The highest BCUT2D eigenvalue weighted by Gasteiger charge is 2.46. The summed E-state index contributed by atoms with van der Waals surface area (Å²) in [5.41, 5.74) is 5.00. The van der Waals surface area contributed by atoms with Crippen molar-refractivity contribution in [1.82, 2.24) is 0 Å². The molecule has 1 saturated carbocycles. The van der Waals surface area contributed by atoms with Crippen LogP contribution in [0.3, 0.4) is 0 Å². The molecule has 11 heteroatoms. The molecule has 4 aliphatic rings. The largest absolute Gasteiger partial charge is 0.394 e. The van der Waals surface area contributed by atoms with Crippen LogP contribution in [0.2, 0.25) is 0 Å². The number of fused-ring (bicyclic) bond motifs is 5. The number of hydrogen-bond acceptors (Lipinski definition) is 11. The Morgan fingerprint density at radius 3 is 1.42 bits per heavy atom. The summed E-state index contributed by atoms with van der Waals surface area (Å²) in [4.78, 5) is 0. The molecule has 6 rings (SSSR count). The van der Waals surface area contributed by atoms with Gasteiger partial charge in [0.1, 0.15) is 61.0 Å². The van der Waals surface area contributed by atoms with Crippen molar-refractivity contribution >= 4 is 0 Å². The van der Waals surface area contributed by atoms with Gasteiger partial charge in [0, 0.05) is 16.5 Å². The molecule has 45 heavy (non-hydrogen) atoms. The molecule has 2 aliphatic carbocycles. The molecule has 0 amide bonds. The third-order valence-electron chi connectivity index (χ3n) is 9.67. The zero-order valence-electron chi connectivity index (χ0n) is 24.4. The quantitative estimate of drug-likeness (QED) is 0.173. The van der Waals surface area contributed by atoms with Crippen LogP contribution in [-0.4, -0.2) is 126 Å². The van der Waals surface area contributed by atoms with Gasteiger partial charge in [0.25, 0.3) is 0 Å². The van der Waals surface area contributed by atoms with E-state index in [1.54, 1.807) is 0 Å². The van der Waals surface area contributed by atoms with Crippen molar-refractivity contribution in [2.24, 2.45) is 0 Å². The number of hydrogen-bond donors (Lipinski definition) is 9. The molecule has 1 spiro atoms. The molecule has 0 aromatic heterocycles. The van der Waals surface area contributed by atoms with Crippen molar-refractivity contribution < 1.29 is 55.4 Å². The molecule has 2 aromatic rings. The minimum absolute atomic E-state index is 0.411. The summed E-state index contributed by atoms with van der Waals surface area (Å²) < 4.78 is 11.1. The SMILES string of the molecule is OC[C@H]1O[C@H](C#Cc2ccc3c(c2)C2(CCC(O)CC2)c2cc(C#C[C@H]4O[C@H](CO)[C@@H](O)[C@H](O)[C@@H]4O)ccc2-3)[C@@H](O)[C@@H](O)[C@@H]1O. The summed E-state index contributed by atoms with van der Waals surface area (Å²) in [5, 5.41) is 90.6. The van der Waals surface area contributed by atoms with Gasteiger partial charge in [-0.2, -0.15) is 0 Å². The summed E-state index contributed by atoms with van der Waals surface area (Å²) >= 11 is 0. The van der Waals surface area contributed by atoms with Crippen LogP contribution in [-0.2, 0) is 14.9 Å². The first kappa shape index (κ1) is 32.1. The Balaban J connectivity index is 1.32. The fourth-order valence-corrected chi connectivity index (χ4v) is 7.04. The average molecular weight is 623 g/mol. The second-order valence-corrected chi connectivity index (χ2v) is 12.4. The van der Waals surface area contributed by atoms with Gasteiger partial charge in [0.05, 0.1) is 19.3 Å². The second kappa shape index (κ2) is 12.7. The number of aliphatic hydroxyl groups excluding tert-OH is 9. The normalized spacial score (nSPS) is 38.8. The smallest absolute Gasteiger partial charge is 0.147 e. The first-order valence-electron chi connectivity index (χ1n) is 15.2. The Morgan fingerprint density at radius 2 is 1.02 bits per heavy atom. The zero-order chi connectivity index (χ0) is 32.0. The van der Waals surface area contributed by atoms with Gasteiger partial charge in [0.15, 0.2) is 0 Å². The van der Waals surface area contributed by atoms with Crippen molar-refractivity contribution in [2.45, 2.75) is 98.2 Å². The average Bonchev–Trinajstić information content (AvgIpc) is 3.31. The molecule has 0 radical (unpaired) electrons. The van der Waals surface area contributed by atoms with Crippen molar-refractivity contribution in [3.05, 3.63) is 58.7 Å².